The lowest BCUT2D eigenvalue weighted by Gasteiger charge is -2.29. The molecule has 0 atom stereocenters. The minimum atomic E-state index is -5.02. The van der Waals surface area contributed by atoms with E-state index < -0.39 is 30.0 Å². The zero-order valence-electron chi connectivity index (χ0n) is 24.2. The Morgan fingerprint density at radius 3 is 2.14 bits per heavy atom. The lowest BCUT2D eigenvalue weighted by atomic mass is 10.0. The smallest absolute Gasteiger partial charge is 0.373 e. The second kappa shape index (κ2) is 11.7. The summed E-state index contributed by atoms with van der Waals surface area (Å²) < 4.78 is 81.9. The molecule has 0 spiro atoms. The number of nitrogens with one attached hydrogen (secondary N) is 2. The van der Waals surface area contributed by atoms with Crippen molar-refractivity contribution in [3.05, 3.63) is 52.1 Å². The number of alkyl halides is 6. The number of aryl methyl sites for hydroxylation is 1. The molecule has 2 aromatic heterocycles. The van der Waals surface area contributed by atoms with E-state index in [4.69, 9.17) is 10.4 Å². The summed E-state index contributed by atoms with van der Waals surface area (Å²) in [6.07, 6.45) is -6.64. The molecule has 2 aliphatic rings. The van der Waals surface area contributed by atoms with Crippen molar-refractivity contribution in [2.75, 3.05) is 28.7 Å². The van der Waals surface area contributed by atoms with Crippen LogP contribution in [0, 0.1) is 17.2 Å². The van der Waals surface area contributed by atoms with Gasteiger partial charge in [0.1, 0.15) is 11.6 Å². The normalized spacial score (nSPS) is 15.3. The van der Waals surface area contributed by atoms with Crippen molar-refractivity contribution >= 4 is 29.2 Å². The fraction of sp³-hybridized carbons (Fsp3) is 0.500. The van der Waals surface area contributed by atoms with Crippen molar-refractivity contribution in [2.45, 2.75) is 58.0 Å². The van der Waals surface area contributed by atoms with E-state index in [0.717, 1.165) is 30.5 Å². The van der Waals surface area contributed by atoms with Crippen LogP contribution in [0.3, 0.4) is 0 Å². The van der Waals surface area contributed by atoms with Crippen molar-refractivity contribution in [3.63, 3.8) is 0 Å². The molecule has 5 rings (SSSR count). The van der Waals surface area contributed by atoms with E-state index in [9.17, 15) is 31.1 Å². The molecular weight excluding hydrogens is 592 g/mol. The molecule has 2 saturated carbocycles. The summed E-state index contributed by atoms with van der Waals surface area (Å²) in [6.45, 7) is 1.37. The summed E-state index contributed by atoms with van der Waals surface area (Å²) >= 11 is 0. The number of amides is 1. The number of carbonyl (C=O) groups excluding carboxylic acids is 1. The first-order valence-electron chi connectivity index (χ1n) is 14.0. The maximum Gasteiger partial charge on any atom is 0.416 e. The van der Waals surface area contributed by atoms with Gasteiger partial charge in [-0.1, -0.05) is 5.10 Å². The van der Waals surface area contributed by atoms with E-state index in [1.807, 2.05) is 0 Å². The zero-order chi connectivity index (χ0) is 32.0. The molecule has 3 aromatic rings. The highest BCUT2D eigenvalue weighted by molar-refractivity contribution is 6.02. The molecule has 2 fully saturated rings. The van der Waals surface area contributed by atoms with Crippen LogP contribution in [0.1, 0.15) is 60.4 Å². The molecule has 0 bridgehead atoms. The minimum Gasteiger partial charge on any atom is -0.373 e. The van der Waals surface area contributed by atoms with E-state index in [1.54, 1.807) is 24.9 Å². The number of pyridine rings is 1. The first-order chi connectivity index (χ1) is 20.6. The molecule has 0 radical (unpaired) electrons. The predicted octanol–water partition coefficient (Wildman–Crippen LogP) is 5.43. The van der Waals surface area contributed by atoms with Crippen LogP contribution in [0.4, 0.5) is 43.9 Å². The minimum absolute atomic E-state index is 0.0579. The highest BCUT2D eigenvalue weighted by atomic mass is 19.4. The molecule has 44 heavy (non-hydrogen) atoms. The summed E-state index contributed by atoms with van der Waals surface area (Å²) in [4.78, 5) is 22.4. The van der Waals surface area contributed by atoms with E-state index in [2.05, 4.69) is 20.7 Å². The van der Waals surface area contributed by atoms with Crippen LogP contribution in [0.2, 0.25) is 0 Å². The summed E-state index contributed by atoms with van der Waals surface area (Å²) in [5, 5.41) is 23.2. The molecule has 1 aromatic carbocycles. The maximum absolute atomic E-state index is 13.6. The average Bonchev–Trinajstić information content (AvgIpc) is 3.88. The Morgan fingerprint density at radius 2 is 1.66 bits per heavy atom. The van der Waals surface area contributed by atoms with Crippen molar-refractivity contribution in [1.29, 1.82) is 5.41 Å². The fourth-order valence-corrected chi connectivity index (χ4v) is 4.90. The zero-order valence-corrected chi connectivity index (χ0v) is 24.2. The predicted molar refractivity (Wildman–Crippen MR) is 149 cm³/mol. The number of anilines is 3. The third-order valence-corrected chi connectivity index (χ3v) is 7.47. The number of rotatable bonds is 11. The number of benzene rings is 1. The SMILES string of the molecule is CNc1nc(N(CC2CC2)C(=O)C2CC2)c(CN(Cc2cc(C(F)(F)F)cc(C(F)(F)F)c2)c2nnn(C)n2)cc1C(C)=N. The number of halogens is 6. The van der Waals surface area contributed by atoms with Gasteiger partial charge in [0, 0.05) is 42.9 Å². The first kappa shape index (κ1) is 31.2. The lowest BCUT2D eigenvalue weighted by Crippen LogP contribution is -2.37. The van der Waals surface area contributed by atoms with Crippen LogP contribution in [0.5, 0.6) is 0 Å². The van der Waals surface area contributed by atoms with Gasteiger partial charge >= 0.3 is 12.4 Å². The second-order valence-corrected chi connectivity index (χ2v) is 11.3. The Bertz CT molecular complexity index is 1530. The summed E-state index contributed by atoms with van der Waals surface area (Å²) in [7, 11) is 3.10. The van der Waals surface area contributed by atoms with Gasteiger partial charge in [-0.15, -0.1) is 5.10 Å². The standard InChI is InChI=1S/C28H31F6N9O/c1-15(35)22-10-19(24(37-23(22)36-2)43(13-16-4-5-16)25(44)18-6-7-18)14-42(26-38-40-41(3)39-26)12-17-8-20(27(29,30)31)11-21(9-17)28(32,33)34/h8-11,16,18,35H,4-7,12-14H2,1-3H3,(H,36,37). The van der Waals surface area contributed by atoms with Gasteiger partial charge in [0.25, 0.3) is 5.95 Å². The molecule has 1 amide bonds. The molecule has 16 heteroatoms. The Labute approximate surface area is 248 Å². The van der Waals surface area contributed by atoms with E-state index >= 15 is 0 Å². The van der Waals surface area contributed by atoms with Gasteiger partial charge < -0.3 is 15.6 Å². The summed E-state index contributed by atoms with van der Waals surface area (Å²) in [5.41, 5.74) is -2.16. The molecule has 10 nitrogen and oxygen atoms in total. The third-order valence-electron chi connectivity index (χ3n) is 7.47. The molecule has 0 saturated heterocycles. The average molecular weight is 624 g/mol. The largest absolute Gasteiger partial charge is 0.416 e. The van der Waals surface area contributed by atoms with E-state index in [0.29, 0.717) is 41.4 Å². The van der Waals surface area contributed by atoms with Crippen LogP contribution in [0.15, 0.2) is 24.3 Å². The summed E-state index contributed by atoms with van der Waals surface area (Å²) in [5.74, 6) is 0.656. The van der Waals surface area contributed by atoms with Crippen LogP contribution < -0.4 is 15.1 Å². The van der Waals surface area contributed by atoms with E-state index in [1.165, 1.54) is 11.9 Å². The molecular formula is C28H31F6N9O. The number of tetrazole rings is 1. The quantitative estimate of drug-likeness (QED) is 0.216. The van der Waals surface area contributed by atoms with Gasteiger partial charge in [-0.05, 0) is 73.6 Å². The molecule has 2 N–H and O–H groups in total. The molecule has 0 aliphatic heterocycles. The Hall–Kier alpha value is -4.24. The Morgan fingerprint density at radius 1 is 1.02 bits per heavy atom. The number of carbonyl (C=O) groups is 1. The van der Waals surface area contributed by atoms with Crippen LogP contribution >= 0.6 is 0 Å². The Kier molecular flexibility index (Phi) is 8.29. The van der Waals surface area contributed by atoms with Crippen molar-refractivity contribution in [2.24, 2.45) is 18.9 Å². The topological polar surface area (TPSA) is 116 Å². The highest BCUT2D eigenvalue weighted by Crippen LogP contribution is 2.39. The van der Waals surface area contributed by atoms with Gasteiger partial charge in [0.15, 0.2) is 0 Å². The lowest BCUT2D eigenvalue weighted by molar-refractivity contribution is -0.143. The van der Waals surface area contributed by atoms with Gasteiger partial charge in [-0.2, -0.15) is 31.1 Å². The first-order valence-corrected chi connectivity index (χ1v) is 14.0. The summed E-state index contributed by atoms with van der Waals surface area (Å²) in [6, 6.07) is 3.05. The number of hydrogen-bond donors (Lipinski definition) is 2. The van der Waals surface area contributed by atoms with Gasteiger partial charge in [0.05, 0.1) is 24.7 Å². The molecule has 236 valence electrons. The van der Waals surface area contributed by atoms with Crippen LogP contribution in [-0.4, -0.2) is 50.4 Å². The number of hydrogen-bond acceptors (Lipinski definition) is 8. The van der Waals surface area contributed by atoms with Gasteiger partial charge in [0.2, 0.25) is 5.91 Å². The monoisotopic (exact) mass is 623 g/mol. The third kappa shape index (κ3) is 7.10. The van der Waals surface area contributed by atoms with Crippen molar-refractivity contribution in [1.82, 2.24) is 25.2 Å². The number of nitrogens with zero attached hydrogens (tertiary/aromatic N) is 7. The van der Waals surface area contributed by atoms with Crippen LogP contribution in [-0.2, 0) is 37.3 Å². The second-order valence-electron chi connectivity index (χ2n) is 11.3. The van der Waals surface area contributed by atoms with Gasteiger partial charge in [-0.3, -0.25) is 9.69 Å². The maximum atomic E-state index is 13.6. The molecule has 2 heterocycles. The molecule has 0 unspecified atom stereocenters. The van der Waals surface area contributed by atoms with Crippen LogP contribution in [0.25, 0.3) is 0 Å². The highest BCUT2D eigenvalue weighted by Gasteiger charge is 2.39. The molecule has 2 aliphatic carbocycles. The van der Waals surface area contributed by atoms with Crippen molar-refractivity contribution in [3.8, 4) is 0 Å². The van der Waals surface area contributed by atoms with Gasteiger partial charge in [-0.25, -0.2) is 4.98 Å². The fourth-order valence-electron chi connectivity index (χ4n) is 4.90. The van der Waals surface area contributed by atoms with Crippen molar-refractivity contribution < 1.29 is 31.1 Å². The number of aromatic nitrogens is 5. The van der Waals surface area contributed by atoms with E-state index in [-0.39, 0.29) is 47.6 Å². The Balaban J connectivity index is 1.62.